The number of H-pyrrole nitrogens is 1. The van der Waals surface area contributed by atoms with E-state index in [2.05, 4.69) is 15.1 Å². The molecule has 3 saturated heterocycles. The van der Waals surface area contributed by atoms with Crippen LogP contribution in [0.25, 0.3) is 10.9 Å². The number of nitrogens with two attached hydrogens (primary N) is 1. The summed E-state index contributed by atoms with van der Waals surface area (Å²) in [5, 5.41) is 8.11. The van der Waals surface area contributed by atoms with Crippen molar-refractivity contribution in [2.24, 2.45) is 5.73 Å². The number of aromatic nitrogens is 2. The molecular weight excluding hydrogens is 368 g/mol. The molecule has 1 saturated carbocycles. The van der Waals surface area contributed by atoms with E-state index in [1.54, 1.807) is 4.90 Å². The minimum absolute atomic E-state index is 0.0198. The van der Waals surface area contributed by atoms with E-state index in [0.29, 0.717) is 5.69 Å². The fourth-order valence-electron chi connectivity index (χ4n) is 5.29. The van der Waals surface area contributed by atoms with E-state index in [9.17, 15) is 9.59 Å². The van der Waals surface area contributed by atoms with Gasteiger partial charge in [0.15, 0.2) is 5.69 Å². The highest BCUT2D eigenvalue weighted by atomic mass is 16.2. The van der Waals surface area contributed by atoms with Crippen LogP contribution in [0, 0.1) is 0 Å². The van der Waals surface area contributed by atoms with Crippen molar-refractivity contribution in [3.63, 3.8) is 0 Å². The maximum absolute atomic E-state index is 13.4. The Hall–Kier alpha value is -2.61. The molecule has 8 heteroatoms. The Kier molecular flexibility index (Phi) is 4.66. The number of fused-ring (bicyclic) bond motifs is 5. The molecule has 0 spiro atoms. The van der Waals surface area contributed by atoms with Crippen LogP contribution >= 0.6 is 0 Å². The number of hydrogen-bond acceptors (Lipinski definition) is 4. The van der Waals surface area contributed by atoms with E-state index >= 15 is 0 Å². The summed E-state index contributed by atoms with van der Waals surface area (Å²) >= 11 is 0. The summed E-state index contributed by atoms with van der Waals surface area (Å²) in [6.45, 7) is 3.80. The van der Waals surface area contributed by atoms with Crippen LogP contribution in [0.3, 0.4) is 0 Å². The van der Waals surface area contributed by atoms with Crippen molar-refractivity contribution in [1.82, 2.24) is 20.0 Å². The average molecular weight is 396 g/mol. The van der Waals surface area contributed by atoms with Gasteiger partial charge in [-0.1, -0.05) is 12.8 Å². The molecule has 4 fully saturated rings. The topological polar surface area (TPSA) is 98.6 Å². The first-order valence-corrected chi connectivity index (χ1v) is 10.7. The molecule has 4 heterocycles. The van der Waals surface area contributed by atoms with Gasteiger partial charge in [-0.05, 0) is 43.9 Å². The van der Waals surface area contributed by atoms with Gasteiger partial charge in [0.1, 0.15) is 0 Å². The third-order valence-corrected chi connectivity index (χ3v) is 6.87. The molecule has 29 heavy (non-hydrogen) atoms. The first-order valence-electron chi connectivity index (χ1n) is 10.7. The molecule has 2 bridgehead atoms. The van der Waals surface area contributed by atoms with Crippen LogP contribution in [0.4, 0.5) is 10.5 Å². The zero-order valence-corrected chi connectivity index (χ0v) is 16.6. The van der Waals surface area contributed by atoms with Crippen LogP contribution in [-0.2, 0) is 0 Å². The maximum atomic E-state index is 13.4. The van der Waals surface area contributed by atoms with Gasteiger partial charge in [0.25, 0.3) is 5.91 Å². The molecule has 4 aliphatic rings. The molecule has 3 amide bonds. The minimum atomic E-state index is -0.439. The first-order chi connectivity index (χ1) is 14.1. The van der Waals surface area contributed by atoms with Crippen LogP contribution in [-0.4, -0.2) is 70.2 Å². The molecule has 2 aromatic rings. The fourth-order valence-corrected chi connectivity index (χ4v) is 5.29. The molecule has 0 atom stereocenters. The van der Waals surface area contributed by atoms with Crippen LogP contribution in [0.5, 0.6) is 0 Å². The Morgan fingerprint density at radius 2 is 1.83 bits per heavy atom. The summed E-state index contributed by atoms with van der Waals surface area (Å²) in [4.78, 5) is 31.7. The van der Waals surface area contributed by atoms with Crippen molar-refractivity contribution in [2.75, 3.05) is 31.1 Å². The van der Waals surface area contributed by atoms with Gasteiger partial charge in [-0.3, -0.25) is 14.8 Å². The van der Waals surface area contributed by atoms with Crippen molar-refractivity contribution >= 4 is 28.5 Å². The lowest BCUT2D eigenvalue weighted by atomic mass is 10.0. The van der Waals surface area contributed by atoms with Gasteiger partial charge >= 0.3 is 6.03 Å². The number of primary amides is 1. The second kappa shape index (κ2) is 7.33. The third kappa shape index (κ3) is 3.25. The van der Waals surface area contributed by atoms with E-state index in [-0.39, 0.29) is 18.0 Å². The number of benzene rings is 1. The van der Waals surface area contributed by atoms with Crippen LogP contribution in [0.15, 0.2) is 18.2 Å². The zero-order valence-electron chi connectivity index (χ0n) is 16.6. The van der Waals surface area contributed by atoms with E-state index in [4.69, 9.17) is 5.73 Å². The second-order valence-corrected chi connectivity index (χ2v) is 8.52. The normalized spacial score (nSPS) is 24.8. The molecule has 3 aliphatic heterocycles. The highest BCUT2D eigenvalue weighted by Crippen LogP contribution is 2.31. The number of anilines is 1. The second-order valence-electron chi connectivity index (χ2n) is 8.52. The number of piperidine rings is 1. The molecule has 0 radical (unpaired) electrons. The number of nitrogens with one attached hydrogen (secondary N) is 1. The van der Waals surface area contributed by atoms with Crippen molar-refractivity contribution in [3.05, 3.63) is 23.9 Å². The van der Waals surface area contributed by atoms with Crippen LogP contribution in [0.2, 0.25) is 0 Å². The number of aromatic amines is 1. The Bertz CT molecular complexity index is 926. The highest BCUT2D eigenvalue weighted by Gasteiger charge is 2.34. The molecule has 1 aromatic heterocycles. The predicted octanol–water partition coefficient (Wildman–Crippen LogP) is 2.31. The third-order valence-electron chi connectivity index (χ3n) is 6.87. The Balaban J connectivity index is 1.49. The summed E-state index contributed by atoms with van der Waals surface area (Å²) in [7, 11) is 0. The fraction of sp³-hybridized carbons (Fsp3) is 0.571. The zero-order chi connectivity index (χ0) is 20.0. The summed E-state index contributed by atoms with van der Waals surface area (Å²) in [5.74, 6) is -0.0198. The van der Waals surface area contributed by atoms with E-state index < -0.39 is 6.03 Å². The lowest BCUT2D eigenvalue weighted by Gasteiger charge is -2.31. The lowest BCUT2D eigenvalue weighted by Crippen LogP contribution is -2.42. The molecule has 8 nitrogen and oxygen atoms in total. The Labute approximate surface area is 170 Å². The summed E-state index contributed by atoms with van der Waals surface area (Å²) in [6.07, 6.45) is 6.19. The molecule has 0 unspecified atom stereocenters. The quantitative estimate of drug-likeness (QED) is 0.832. The van der Waals surface area contributed by atoms with Gasteiger partial charge < -0.3 is 15.5 Å². The highest BCUT2D eigenvalue weighted by molar-refractivity contribution is 6.06. The molecule has 6 rings (SSSR count). The number of urea groups is 1. The van der Waals surface area contributed by atoms with Crippen molar-refractivity contribution in [1.29, 1.82) is 0 Å². The molecule has 1 aliphatic carbocycles. The molecular formula is C21H28N6O2. The van der Waals surface area contributed by atoms with Gasteiger partial charge in [0.05, 0.1) is 5.52 Å². The van der Waals surface area contributed by atoms with Gasteiger partial charge in [0.2, 0.25) is 0 Å². The standard InChI is InChI=1S/C21H28N6O2/c22-21(29)27(15-3-1-2-4-15)16-5-6-18-17(13-16)19(24-23-18)20(28)26-12-11-25-9-7-14(26)8-10-25/h5-6,13-15H,1-4,7-12H2,(H2,22,29)(H,23,24). The first kappa shape index (κ1) is 18.4. The van der Waals surface area contributed by atoms with Gasteiger partial charge in [-0.2, -0.15) is 5.10 Å². The largest absolute Gasteiger partial charge is 0.351 e. The smallest absolute Gasteiger partial charge is 0.319 e. The summed E-state index contributed by atoms with van der Waals surface area (Å²) < 4.78 is 0. The van der Waals surface area contributed by atoms with Gasteiger partial charge in [-0.15, -0.1) is 0 Å². The van der Waals surface area contributed by atoms with Crippen LogP contribution < -0.4 is 10.6 Å². The number of nitrogens with zero attached hydrogens (tertiary/aromatic N) is 4. The molecule has 1 aromatic carbocycles. The monoisotopic (exact) mass is 396 g/mol. The lowest BCUT2D eigenvalue weighted by molar-refractivity contribution is 0.0681. The van der Waals surface area contributed by atoms with Gasteiger partial charge in [-0.25, -0.2) is 4.79 Å². The van der Waals surface area contributed by atoms with Crippen molar-refractivity contribution in [3.8, 4) is 0 Å². The number of carbonyl (C=O) groups is 2. The van der Waals surface area contributed by atoms with E-state index in [1.807, 2.05) is 23.1 Å². The summed E-state index contributed by atoms with van der Waals surface area (Å²) in [6, 6.07) is 5.65. The maximum Gasteiger partial charge on any atom is 0.319 e. The predicted molar refractivity (Wildman–Crippen MR) is 111 cm³/mol. The van der Waals surface area contributed by atoms with E-state index in [1.165, 1.54) is 0 Å². The SMILES string of the molecule is NC(=O)N(c1ccc2[nH]nc(C(=O)N3CCN4CCC3CC4)c2c1)C1CCCC1. The van der Waals surface area contributed by atoms with Gasteiger partial charge in [0, 0.05) is 49.3 Å². The van der Waals surface area contributed by atoms with Crippen molar-refractivity contribution < 1.29 is 9.59 Å². The minimum Gasteiger partial charge on any atom is -0.351 e. The molecule has 154 valence electrons. The van der Waals surface area contributed by atoms with Crippen LogP contribution in [0.1, 0.15) is 49.0 Å². The average Bonchev–Trinajstić information content (AvgIpc) is 3.29. The number of hydrogen-bond donors (Lipinski definition) is 2. The number of carbonyl (C=O) groups excluding carboxylic acids is 2. The van der Waals surface area contributed by atoms with Crippen molar-refractivity contribution in [2.45, 2.75) is 50.6 Å². The number of amides is 3. The Morgan fingerprint density at radius 3 is 2.55 bits per heavy atom. The molecule has 3 N–H and O–H groups in total. The Morgan fingerprint density at radius 1 is 1.07 bits per heavy atom. The summed E-state index contributed by atoms with van der Waals surface area (Å²) in [5.41, 5.74) is 7.71. The van der Waals surface area contributed by atoms with E-state index in [0.717, 1.165) is 81.3 Å². The number of rotatable bonds is 3.